The number of carboxylic acid groups (broad SMARTS) is 1. The van der Waals surface area contributed by atoms with Gasteiger partial charge in [-0.3, -0.25) is 4.68 Å². The molecule has 96 valence electrons. The Morgan fingerprint density at radius 1 is 1.59 bits per heavy atom. The van der Waals surface area contributed by atoms with Crippen LogP contribution in [0.4, 0.5) is 0 Å². The van der Waals surface area contributed by atoms with Crippen molar-refractivity contribution in [3.63, 3.8) is 0 Å². The van der Waals surface area contributed by atoms with Gasteiger partial charge in [0.2, 0.25) is 0 Å². The van der Waals surface area contributed by atoms with Gasteiger partial charge < -0.3 is 10.0 Å². The zero-order chi connectivity index (χ0) is 12.8. The highest BCUT2D eigenvalue weighted by atomic mass is 16.4. The van der Waals surface area contributed by atoms with Crippen molar-refractivity contribution in [2.24, 2.45) is 5.92 Å². The van der Waals surface area contributed by atoms with Crippen LogP contribution in [-0.2, 0) is 6.54 Å². The molecule has 0 saturated heterocycles. The third-order valence-corrected chi connectivity index (χ3v) is 2.47. The Balaban J connectivity index is 2.45. The largest absolute Gasteiger partial charge is 0.476 e. The fourth-order valence-electron chi connectivity index (χ4n) is 1.64. The van der Waals surface area contributed by atoms with Gasteiger partial charge in [-0.15, -0.1) is 5.10 Å². The van der Waals surface area contributed by atoms with Gasteiger partial charge in [0.15, 0.2) is 5.69 Å². The van der Waals surface area contributed by atoms with Crippen molar-refractivity contribution in [2.45, 2.75) is 27.3 Å². The number of carboxylic acids is 1. The van der Waals surface area contributed by atoms with Crippen molar-refractivity contribution in [2.75, 3.05) is 19.6 Å². The van der Waals surface area contributed by atoms with Gasteiger partial charge >= 0.3 is 5.97 Å². The molecule has 6 heteroatoms. The van der Waals surface area contributed by atoms with Gasteiger partial charge in [0, 0.05) is 13.1 Å². The van der Waals surface area contributed by atoms with Crippen LogP contribution in [0, 0.1) is 5.92 Å². The van der Waals surface area contributed by atoms with Crippen LogP contribution in [0.15, 0.2) is 6.20 Å². The van der Waals surface area contributed by atoms with Crippen molar-refractivity contribution in [3.05, 3.63) is 11.9 Å². The number of carbonyl (C=O) groups is 1. The second kappa shape index (κ2) is 6.34. The molecule has 1 N–H and O–H groups in total. The Morgan fingerprint density at radius 3 is 2.76 bits per heavy atom. The highest BCUT2D eigenvalue weighted by Gasteiger charge is 2.09. The van der Waals surface area contributed by atoms with Crippen molar-refractivity contribution in [1.29, 1.82) is 0 Å². The van der Waals surface area contributed by atoms with E-state index in [9.17, 15) is 4.79 Å². The van der Waals surface area contributed by atoms with Crippen LogP contribution in [-0.4, -0.2) is 50.6 Å². The van der Waals surface area contributed by atoms with Crippen LogP contribution in [0.2, 0.25) is 0 Å². The maximum atomic E-state index is 10.6. The summed E-state index contributed by atoms with van der Waals surface area (Å²) < 4.78 is 1.58. The lowest BCUT2D eigenvalue weighted by molar-refractivity contribution is 0.0690. The van der Waals surface area contributed by atoms with Gasteiger partial charge in [0.25, 0.3) is 0 Å². The molecule has 6 nitrogen and oxygen atoms in total. The first kappa shape index (κ1) is 13.6. The summed E-state index contributed by atoms with van der Waals surface area (Å²) in [6.07, 6.45) is 1.46. The smallest absolute Gasteiger partial charge is 0.358 e. The standard InChI is InChI=1S/C11H20N4O2/c1-4-14(7-9(2)3)5-6-15-8-10(11(16)17)12-13-15/h8-9H,4-7H2,1-3H3,(H,16,17). The van der Waals surface area contributed by atoms with E-state index in [1.165, 1.54) is 6.20 Å². The first-order chi connectivity index (χ1) is 8.02. The third-order valence-electron chi connectivity index (χ3n) is 2.47. The summed E-state index contributed by atoms with van der Waals surface area (Å²) in [5, 5.41) is 16.1. The van der Waals surface area contributed by atoms with Crippen molar-refractivity contribution < 1.29 is 9.90 Å². The lowest BCUT2D eigenvalue weighted by Gasteiger charge is -2.22. The lowest BCUT2D eigenvalue weighted by Crippen LogP contribution is -2.31. The Labute approximate surface area is 101 Å². The van der Waals surface area contributed by atoms with E-state index in [4.69, 9.17) is 5.11 Å². The average molecular weight is 240 g/mol. The number of likely N-dealkylation sites (N-methyl/N-ethyl adjacent to an activating group) is 1. The molecule has 0 atom stereocenters. The van der Waals surface area contributed by atoms with Crippen LogP contribution in [0.3, 0.4) is 0 Å². The maximum Gasteiger partial charge on any atom is 0.358 e. The molecule has 0 amide bonds. The normalized spacial score (nSPS) is 11.4. The van der Waals surface area contributed by atoms with E-state index in [-0.39, 0.29) is 5.69 Å². The topological polar surface area (TPSA) is 71.2 Å². The van der Waals surface area contributed by atoms with E-state index < -0.39 is 5.97 Å². The van der Waals surface area contributed by atoms with Crippen molar-refractivity contribution in [3.8, 4) is 0 Å². The van der Waals surface area contributed by atoms with E-state index in [0.717, 1.165) is 19.6 Å². The quantitative estimate of drug-likeness (QED) is 0.768. The van der Waals surface area contributed by atoms with E-state index in [1.54, 1.807) is 4.68 Å². The predicted molar refractivity (Wildman–Crippen MR) is 63.9 cm³/mol. The second-order valence-corrected chi connectivity index (χ2v) is 4.46. The Kier molecular flexibility index (Phi) is 5.09. The number of hydrogen-bond donors (Lipinski definition) is 1. The van der Waals surface area contributed by atoms with E-state index >= 15 is 0 Å². The molecular formula is C11H20N4O2. The van der Waals surface area contributed by atoms with Crippen LogP contribution in [0.25, 0.3) is 0 Å². The van der Waals surface area contributed by atoms with Gasteiger partial charge in [-0.25, -0.2) is 4.79 Å². The Morgan fingerprint density at radius 2 is 2.29 bits per heavy atom. The summed E-state index contributed by atoms with van der Waals surface area (Å²) in [6.45, 7) is 10.0. The summed E-state index contributed by atoms with van der Waals surface area (Å²) in [6, 6.07) is 0. The molecule has 0 bridgehead atoms. The molecule has 0 aliphatic carbocycles. The lowest BCUT2D eigenvalue weighted by atomic mass is 10.2. The first-order valence-corrected chi connectivity index (χ1v) is 5.88. The molecular weight excluding hydrogens is 220 g/mol. The molecule has 1 heterocycles. The molecule has 0 aromatic carbocycles. The van der Waals surface area contributed by atoms with E-state index in [1.807, 2.05) is 0 Å². The zero-order valence-corrected chi connectivity index (χ0v) is 10.6. The first-order valence-electron chi connectivity index (χ1n) is 5.88. The molecule has 1 rings (SSSR count). The number of aromatic carboxylic acids is 1. The van der Waals surface area contributed by atoms with Gasteiger partial charge in [0.05, 0.1) is 12.7 Å². The summed E-state index contributed by atoms with van der Waals surface area (Å²) in [5.74, 6) is -0.411. The van der Waals surface area contributed by atoms with Gasteiger partial charge in [-0.1, -0.05) is 26.0 Å². The van der Waals surface area contributed by atoms with Crippen molar-refractivity contribution in [1.82, 2.24) is 19.9 Å². The second-order valence-electron chi connectivity index (χ2n) is 4.46. The van der Waals surface area contributed by atoms with Gasteiger partial charge in [-0.2, -0.15) is 0 Å². The minimum Gasteiger partial charge on any atom is -0.476 e. The molecule has 0 spiro atoms. The highest BCUT2D eigenvalue weighted by Crippen LogP contribution is 1.99. The number of nitrogens with zero attached hydrogens (tertiary/aromatic N) is 4. The molecule has 17 heavy (non-hydrogen) atoms. The molecule has 0 aliphatic heterocycles. The Bertz CT molecular complexity index is 362. The van der Waals surface area contributed by atoms with Crippen molar-refractivity contribution >= 4 is 5.97 Å². The fourth-order valence-corrected chi connectivity index (χ4v) is 1.64. The highest BCUT2D eigenvalue weighted by molar-refractivity contribution is 5.84. The predicted octanol–water partition coefficient (Wildman–Crippen LogP) is 0.954. The molecule has 0 aliphatic rings. The molecule has 0 unspecified atom stereocenters. The molecule has 0 saturated carbocycles. The molecule has 0 radical (unpaired) electrons. The third kappa shape index (κ3) is 4.52. The molecule has 1 aromatic heterocycles. The van der Waals surface area contributed by atoms with Crippen LogP contribution < -0.4 is 0 Å². The van der Waals surface area contributed by atoms with Crippen LogP contribution in [0.5, 0.6) is 0 Å². The number of aromatic nitrogens is 3. The summed E-state index contributed by atoms with van der Waals surface area (Å²) in [7, 11) is 0. The molecule has 0 fully saturated rings. The summed E-state index contributed by atoms with van der Waals surface area (Å²) >= 11 is 0. The average Bonchev–Trinajstić information content (AvgIpc) is 2.72. The monoisotopic (exact) mass is 240 g/mol. The Hall–Kier alpha value is -1.43. The number of rotatable bonds is 7. The van der Waals surface area contributed by atoms with E-state index in [0.29, 0.717) is 12.5 Å². The van der Waals surface area contributed by atoms with E-state index in [2.05, 4.69) is 36.0 Å². The zero-order valence-electron chi connectivity index (χ0n) is 10.6. The number of hydrogen-bond acceptors (Lipinski definition) is 4. The van der Waals surface area contributed by atoms with Gasteiger partial charge in [0.1, 0.15) is 0 Å². The van der Waals surface area contributed by atoms with Crippen LogP contribution >= 0.6 is 0 Å². The maximum absolute atomic E-state index is 10.6. The SMILES string of the molecule is CCN(CCn1cc(C(=O)O)nn1)CC(C)C. The minimum atomic E-state index is -1.04. The minimum absolute atomic E-state index is 0.00286. The van der Waals surface area contributed by atoms with Gasteiger partial charge in [-0.05, 0) is 12.5 Å². The van der Waals surface area contributed by atoms with Crippen LogP contribution in [0.1, 0.15) is 31.3 Å². The summed E-state index contributed by atoms with van der Waals surface area (Å²) in [5.41, 5.74) is -0.00286. The molecule has 1 aromatic rings. The summed E-state index contributed by atoms with van der Waals surface area (Å²) in [4.78, 5) is 12.9. The fraction of sp³-hybridized carbons (Fsp3) is 0.727.